The van der Waals surface area contributed by atoms with Crippen LogP contribution in [0.2, 0.25) is 0 Å². The lowest BCUT2D eigenvalue weighted by molar-refractivity contribution is -0.212. The predicted molar refractivity (Wildman–Crippen MR) is 74.8 cm³/mol. The lowest BCUT2D eigenvalue weighted by Gasteiger charge is -2.37. The van der Waals surface area contributed by atoms with Crippen LogP contribution in [0.1, 0.15) is 25.3 Å². The summed E-state index contributed by atoms with van der Waals surface area (Å²) in [4.78, 5) is 0.708. The minimum absolute atomic E-state index is 0.146. The van der Waals surface area contributed by atoms with E-state index in [0.29, 0.717) is 17.7 Å². The maximum Gasteiger partial charge on any atom is 0.166 e. The standard InChI is InChI=1S/C15H19FO3S/c1-11-3-5-12(6-4-11)20(17)10-15-9-18-14(2,19-15)8-7-13(15)16/h3-6,13H,7-10H2,1-2H3/t13-,14+,15-,20-/m0/s1. The van der Waals surface area contributed by atoms with Gasteiger partial charge in [0.25, 0.3) is 0 Å². The largest absolute Gasteiger partial charge is 0.347 e. The Morgan fingerprint density at radius 3 is 2.80 bits per heavy atom. The molecule has 4 atom stereocenters. The molecule has 2 aliphatic rings. The van der Waals surface area contributed by atoms with Crippen molar-refractivity contribution in [1.29, 1.82) is 0 Å². The van der Waals surface area contributed by atoms with Gasteiger partial charge in [0.15, 0.2) is 5.79 Å². The Labute approximate surface area is 120 Å². The third kappa shape index (κ3) is 2.43. The summed E-state index contributed by atoms with van der Waals surface area (Å²) in [5, 5.41) is 0. The van der Waals surface area contributed by atoms with Gasteiger partial charge < -0.3 is 9.47 Å². The lowest BCUT2D eigenvalue weighted by Crippen LogP contribution is -2.51. The molecule has 0 saturated carbocycles. The second kappa shape index (κ2) is 4.90. The highest BCUT2D eigenvalue weighted by Gasteiger charge is 2.57. The van der Waals surface area contributed by atoms with E-state index in [9.17, 15) is 8.60 Å². The summed E-state index contributed by atoms with van der Waals surface area (Å²) in [6.07, 6.45) is -0.165. The second-order valence-electron chi connectivity index (χ2n) is 5.90. The molecule has 1 aromatic carbocycles. The van der Waals surface area contributed by atoms with Gasteiger partial charge in [-0.15, -0.1) is 0 Å². The summed E-state index contributed by atoms with van der Waals surface area (Å²) >= 11 is 0. The van der Waals surface area contributed by atoms with E-state index in [1.54, 1.807) is 0 Å². The van der Waals surface area contributed by atoms with Gasteiger partial charge in [0.1, 0.15) is 11.8 Å². The van der Waals surface area contributed by atoms with Crippen LogP contribution in [0.4, 0.5) is 4.39 Å². The second-order valence-corrected chi connectivity index (χ2v) is 7.35. The predicted octanol–water partition coefficient (Wildman–Crippen LogP) is 2.74. The van der Waals surface area contributed by atoms with Gasteiger partial charge in [-0.2, -0.15) is 0 Å². The summed E-state index contributed by atoms with van der Waals surface area (Å²) in [6.45, 7) is 3.99. The molecule has 0 spiro atoms. The van der Waals surface area contributed by atoms with E-state index in [-0.39, 0.29) is 12.4 Å². The van der Waals surface area contributed by atoms with Gasteiger partial charge in [-0.3, -0.25) is 4.21 Å². The molecule has 0 amide bonds. The minimum Gasteiger partial charge on any atom is -0.347 e. The van der Waals surface area contributed by atoms with Crippen molar-refractivity contribution in [3.8, 4) is 0 Å². The van der Waals surface area contributed by atoms with Crippen LogP contribution >= 0.6 is 0 Å². The van der Waals surface area contributed by atoms with Crippen molar-refractivity contribution in [3.63, 3.8) is 0 Å². The molecule has 0 N–H and O–H groups in total. The summed E-state index contributed by atoms with van der Waals surface area (Å²) in [6, 6.07) is 7.48. The highest BCUT2D eigenvalue weighted by atomic mass is 32.2. The van der Waals surface area contributed by atoms with Crippen molar-refractivity contribution in [2.45, 2.75) is 49.1 Å². The third-order valence-electron chi connectivity index (χ3n) is 4.12. The Kier molecular flexibility index (Phi) is 3.47. The Morgan fingerprint density at radius 1 is 1.40 bits per heavy atom. The summed E-state index contributed by atoms with van der Waals surface area (Å²) in [7, 11) is -1.29. The normalized spacial score (nSPS) is 37.9. The van der Waals surface area contributed by atoms with E-state index in [4.69, 9.17) is 9.47 Å². The fraction of sp³-hybridized carbons (Fsp3) is 0.600. The number of alkyl halides is 1. The van der Waals surface area contributed by atoms with Crippen LogP contribution in [0, 0.1) is 6.92 Å². The molecular weight excluding hydrogens is 279 g/mol. The molecule has 2 aliphatic heterocycles. The first-order chi connectivity index (χ1) is 9.42. The van der Waals surface area contributed by atoms with Gasteiger partial charge in [-0.05, 0) is 32.4 Å². The van der Waals surface area contributed by atoms with E-state index in [1.807, 2.05) is 38.1 Å². The molecule has 3 nitrogen and oxygen atoms in total. The molecular formula is C15H19FO3S. The molecule has 0 aliphatic carbocycles. The van der Waals surface area contributed by atoms with Crippen LogP contribution in [0.15, 0.2) is 29.2 Å². The van der Waals surface area contributed by atoms with Crippen molar-refractivity contribution in [2.24, 2.45) is 0 Å². The van der Waals surface area contributed by atoms with E-state index in [1.165, 1.54) is 0 Å². The van der Waals surface area contributed by atoms with E-state index in [2.05, 4.69) is 0 Å². The van der Waals surface area contributed by atoms with Gasteiger partial charge in [-0.25, -0.2) is 4.39 Å². The number of halogens is 1. The summed E-state index contributed by atoms with van der Waals surface area (Å²) in [5.74, 6) is -0.563. The number of ether oxygens (including phenoxy) is 2. The maximum atomic E-state index is 14.3. The van der Waals surface area contributed by atoms with Crippen LogP contribution in [-0.2, 0) is 20.3 Å². The average Bonchev–Trinajstić information content (AvgIpc) is 2.70. The fourth-order valence-electron chi connectivity index (χ4n) is 2.85. The molecule has 0 unspecified atom stereocenters. The first-order valence-corrected chi connectivity index (χ1v) is 8.18. The highest BCUT2D eigenvalue weighted by Crippen LogP contribution is 2.45. The lowest BCUT2D eigenvalue weighted by atomic mass is 9.93. The number of aryl methyl sites for hydroxylation is 1. The quantitative estimate of drug-likeness (QED) is 0.861. The molecule has 20 heavy (non-hydrogen) atoms. The molecule has 5 heteroatoms. The number of benzene rings is 1. The van der Waals surface area contributed by atoms with Gasteiger partial charge in [0.2, 0.25) is 0 Å². The summed E-state index contributed by atoms with van der Waals surface area (Å²) < 4.78 is 38.2. The molecule has 2 heterocycles. The minimum atomic E-state index is -1.29. The van der Waals surface area contributed by atoms with Crippen LogP contribution in [0.3, 0.4) is 0 Å². The Bertz CT molecular complexity index is 532. The molecule has 110 valence electrons. The van der Waals surface area contributed by atoms with Gasteiger partial charge in [0, 0.05) is 11.3 Å². The maximum absolute atomic E-state index is 14.3. The first kappa shape index (κ1) is 14.2. The van der Waals surface area contributed by atoms with Crippen molar-refractivity contribution < 1.29 is 18.1 Å². The topological polar surface area (TPSA) is 35.5 Å². The van der Waals surface area contributed by atoms with Crippen LogP contribution in [0.25, 0.3) is 0 Å². The Morgan fingerprint density at radius 2 is 2.10 bits per heavy atom. The molecule has 0 radical (unpaired) electrons. The van der Waals surface area contributed by atoms with Crippen LogP contribution < -0.4 is 0 Å². The zero-order valence-electron chi connectivity index (χ0n) is 11.7. The van der Waals surface area contributed by atoms with Crippen molar-refractivity contribution in [3.05, 3.63) is 29.8 Å². The van der Waals surface area contributed by atoms with Gasteiger partial charge >= 0.3 is 0 Å². The Balaban J connectivity index is 1.79. The van der Waals surface area contributed by atoms with Crippen molar-refractivity contribution >= 4 is 10.8 Å². The molecule has 1 aromatic rings. The molecule has 0 aromatic heterocycles. The number of hydrogen-bond donors (Lipinski definition) is 0. The number of fused-ring (bicyclic) bond motifs is 2. The van der Waals surface area contributed by atoms with Crippen molar-refractivity contribution in [1.82, 2.24) is 0 Å². The monoisotopic (exact) mass is 298 g/mol. The molecule has 2 saturated heterocycles. The third-order valence-corrected chi connectivity index (χ3v) is 5.67. The number of rotatable bonds is 3. The number of hydrogen-bond acceptors (Lipinski definition) is 3. The molecule has 3 rings (SSSR count). The zero-order chi connectivity index (χ0) is 14.4. The van der Waals surface area contributed by atoms with Gasteiger partial charge in [0.05, 0.1) is 23.2 Å². The highest BCUT2D eigenvalue weighted by molar-refractivity contribution is 7.85. The molecule has 2 fully saturated rings. The van der Waals surface area contributed by atoms with Crippen LogP contribution in [0.5, 0.6) is 0 Å². The smallest absolute Gasteiger partial charge is 0.166 e. The first-order valence-electron chi connectivity index (χ1n) is 6.86. The SMILES string of the molecule is Cc1ccc([S@@](=O)C[C@@]23CO[C@@](C)(CC[C@@H]2F)O3)cc1. The molecule has 2 bridgehead atoms. The fourth-order valence-corrected chi connectivity index (χ4v) is 4.22. The van der Waals surface area contributed by atoms with E-state index < -0.39 is 28.4 Å². The van der Waals surface area contributed by atoms with Crippen molar-refractivity contribution in [2.75, 3.05) is 12.4 Å². The Hall–Kier alpha value is -0.780. The van der Waals surface area contributed by atoms with Crippen LogP contribution in [-0.4, -0.2) is 34.1 Å². The zero-order valence-corrected chi connectivity index (χ0v) is 12.5. The average molecular weight is 298 g/mol. The van der Waals surface area contributed by atoms with E-state index >= 15 is 0 Å². The van der Waals surface area contributed by atoms with Gasteiger partial charge in [-0.1, -0.05) is 17.7 Å². The summed E-state index contributed by atoms with van der Waals surface area (Å²) in [5.41, 5.74) is 0.0564. The van der Waals surface area contributed by atoms with E-state index in [0.717, 1.165) is 5.56 Å².